The van der Waals surface area contributed by atoms with Crippen LogP contribution in [0.1, 0.15) is 55.9 Å². The minimum absolute atomic E-state index is 0.435. The lowest BCUT2D eigenvalue weighted by Crippen LogP contribution is -2.29. The van der Waals surface area contributed by atoms with Crippen LogP contribution in [0, 0.1) is 11.8 Å². The number of nitrogens with zero attached hydrogens (tertiary/aromatic N) is 6. The Morgan fingerprint density at radius 2 is 1.88 bits per heavy atom. The van der Waals surface area contributed by atoms with Gasteiger partial charge in [0.25, 0.3) is 0 Å². The molecule has 0 bridgehead atoms. The highest BCUT2D eigenvalue weighted by atomic mass is 16.5. The monoisotopic (exact) mass is 354 g/mol. The van der Waals surface area contributed by atoms with E-state index >= 15 is 0 Å². The van der Waals surface area contributed by atoms with Crippen LogP contribution in [0.15, 0.2) is 16.9 Å². The van der Waals surface area contributed by atoms with E-state index in [0.717, 1.165) is 56.0 Å². The summed E-state index contributed by atoms with van der Waals surface area (Å²) in [5.74, 6) is 5.13. The lowest BCUT2D eigenvalue weighted by atomic mass is 10.0. The van der Waals surface area contributed by atoms with E-state index in [4.69, 9.17) is 4.52 Å². The fraction of sp³-hybridized carbons (Fsp3) is 0.684. The maximum atomic E-state index is 5.39. The van der Waals surface area contributed by atoms with Crippen molar-refractivity contribution in [3.05, 3.63) is 29.8 Å². The second kappa shape index (κ2) is 6.30. The number of rotatable bonds is 5. The molecule has 0 amide bonds. The van der Waals surface area contributed by atoms with Gasteiger partial charge in [0.2, 0.25) is 5.89 Å². The van der Waals surface area contributed by atoms with Crippen molar-refractivity contribution in [1.29, 1.82) is 0 Å². The molecule has 7 heteroatoms. The van der Waals surface area contributed by atoms with Gasteiger partial charge >= 0.3 is 0 Å². The second-order valence-electron chi connectivity index (χ2n) is 8.40. The first-order chi connectivity index (χ1) is 12.7. The van der Waals surface area contributed by atoms with Crippen LogP contribution in [-0.4, -0.2) is 51.2 Å². The Kier molecular flexibility index (Phi) is 3.92. The van der Waals surface area contributed by atoms with Crippen LogP contribution in [0.4, 0.5) is 5.82 Å². The fourth-order valence-corrected chi connectivity index (χ4v) is 4.28. The van der Waals surface area contributed by atoms with E-state index in [0.29, 0.717) is 23.7 Å². The summed E-state index contributed by atoms with van der Waals surface area (Å²) in [6.07, 6.45) is 4.11. The van der Waals surface area contributed by atoms with E-state index in [2.05, 4.69) is 49.8 Å². The molecule has 138 valence electrons. The predicted molar refractivity (Wildman–Crippen MR) is 96.9 cm³/mol. The zero-order chi connectivity index (χ0) is 17.7. The van der Waals surface area contributed by atoms with Crippen molar-refractivity contribution in [2.45, 2.75) is 45.1 Å². The van der Waals surface area contributed by atoms with Crippen LogP contribution in [0.3, 0.4) is 0 Å². The number of anilines is 1. The van der Waals surface area contributed by atoms with Crippen molar-refractivity contribution in [3.63, 3.8) is 0 Å². The molecule has 2 aromatic rings. The molecule has 1 aliphatic carbocycles. The van der Waals surface area contributed by atoms with E-state index in [1.807, 2.05) is 0 Å². The number of hydrogen-bond acceptors (Lipinski definition) is 7. The van der Waals surface area contributed by atoms with Gasteiger partial charge in [-0.2, -0.15) is 4.98 Å². The molecule has 4 heterocycles. The molecule has 1 saturated carbocycles. The average molecular weight is 354 g/mol. The van der Waals surface area contributed by atoms with Crippen molar-refractivity contribution < 1.29 is 4.52 Å². The molecule has 2 aromatic heterocycles. The maximum Gasteiger partial charge on any atom is 0.229 e. The zero-order valence-corrected chi connectivity index (χ0v) is 15.5. The molecule has 2 aliphatic heterocycles. The predicted octanol–water partition coefficient (Wildman–Crippen LogP) is 2.43. The Labute approximate surface area is 153 Å². The Morgan fingerprint density at radius 3 is 2.58 bits per heavy atom. The Hall–Kier alpha value is -2.02. The Morgan fingerprint density at radius 1 is 1.12 bits per heavy atom. The van der Waals surface area contributed by atoms with Gasteiger partial charge in [-0.1, -0.05) is 19.0 Å². The normalized spacial score (nSPS) is 26.0. The molecule has 2 atom stereocenters. The average Bonchev–Trinajstić information content (AvgIpc) is 3.07. The summed E-state index contributed by atoms with van der Waals surface area (Å²) in [6.45, 7) is 9.54. The van der Waals surface area contributed by atoms with Crippen molar-refractivity contribution in [2.75, 3.05) is 31.1 Å². The number of fused-ring (bicyclic) bond motifs is 1. The van der Waals surface area contributed by atoms with E-state index in [1.165, 1.54) is 12.8 Å². The summed E-state index contributed by atoms with van der Waals surface area (Å²) in [4.78, 5) is 18.4. The van der Waals surface area contributed by atoms with Gasteiger partial charge in [0.15, 0.2) is 5.82 Å². The summed E-state index contributed by atoms with van der Waals surface area (Å²) in [6, 6.07) is 2.15. The van der Waals surface area contributed by atoms with Crippen LogP contribution in [0.2, 0.25) is 0 Å². The van der Waals surface area contributed by atoms with Crippen LogP contribution in [0.5, 0.6) is 0 Å². The first-order valence-corrected chi connectivity index (χ1v) is 9.77. The topological polar surface area (TPSA) is 71.2 Å². The fourth-order valence-electron chi connectivity index (χ4n) is 4.28. The van der Waals surface area contributed by atoms with Crippen LogP contribution < -0.4 is 4.90 Å². The number of likely N-dealkylation sites (tertiary alicyclic amines) is 1. The molecule has 3 aliphatic rings. The smallest absolute Gasteiger partial charge is 0.229 e. The van der Waals surface area contributed by atoms with E-state index < -0.39 is 0 Å². The summed E-state index contributed by atoms with van der Waals surface area (Å²) in [7, 11) is 0. The van der Waals surface area contributed by atoms with Gasteiger partial charge in [-0.05, 0) is 30.6 Å². The molecule has 26 heavy (non-hydrogen) atoms. The SMILES string of the molecule is CC(C)c1cc(N2CC3CN(Cc4noc(C5CC5)n4)CC3C2)ncn1. The maximum absolute atomic E-state index is 5.39. The highest BCUT2D eigenvalue weighted by Crippen LogP contribution is 2.39. The molecule has 7 nitrogen and oxygen atoms in total. The second-order valence-corrected chi connectivity index (χ2v) is 8.40. The molecule has 0 N–H and O–H groups in total. The zero-order valence-electron chi connectivity index (χ0n) is 15.5. The first kappa shape index (κ1) is 16.2. The third-order valence-electron chi connectivity index (χ3n) is 5.93. The summed E-state index contributed by atoms with van der Waals surface area (Å²) >= 11 is 0. The largest absolute Gasteiger partial charge is 0.356 e. The van der Waals surface area contributed by atoms with Crippen molar-refractivity contribution >= 4 is 5.82 Å². The van der Waals surface area contributed by atoms with Gasteiger partial charge in [0.05, 0.1) is 6.54 Å². The van der Waals surface area contributed by atoms with E-state index in [-0.39, 0.29) is 0 Å². The highest BCUT2D eigenvalue weighted by Gasteiger charge is 2.41. The molecule has 0 aromatic carbocycles. The van der Waals surface area contributed by atoms with Gasteiger partial charge in [0, 0.05) is 43.9 Å². The number of aromatic nitrogens is 4. The van der Waals surface area contributed by atoms with E-state index in [1.54, 1.807) is 6.33 Å². The van der Waals surface area contributed by atoms with Gasteiger partial charge < -0.3 is 9.42 Å². The summed E-state index contributed by atoms with van der Waals surface area (Å²) in [5.41, 5.74) is 1.12. The van der Waals surface area contributed by atoms with Gasteiger partial charge in [0.1, 0.15) is 12.1 Å². The standard InChI is InChI=1S/C19H26N6O/c1-12(2)16-5-18(21-11-20-16)25-8-14-6-24(7-15(14)9-25)10-17-22-19(26-23-17)13-3-4-13/h5,11-15H,3-4,6-10H2,1-2H3. The lowest BCUT2D eigenvalue weighted by molar-refractivity contribution is 0.291. The minimum Gasteiger partial charge on any atom is -0.356 e. The van der Waals surface area contributed by atoms with Crippen LogP contribution in [0.25, 0.3) is 0 Å². The molecule has 2 unspecified atom stereocenters. The quantitative estimate of drug-likeness (QED) is 0.816. The summed E-state index contributed by atoms with van der Waals surface area (Å²) in [5, 5.41) is 4.17. The van der Waals surface area contributed by atoms with Crippen LogP contribution in [-0.2, 0) is 6.54 Å². The molecule has 2 saturated heterocycles. The third-order valence-corrected chi connectivity index (χ3v) is 5.93. The van der Waals surface area contributed by atoms with Crippen molar-refractivity contribution in [3.8, 4) is 0 Å². The molecule has 3 fully saturated rings. The number of hydrogen-bond donors (Lipinski definition) is 0. The van der Waals surface area contributed by atoms with E-state index in [9.17, 15) is 0 Å². The van der Waals surface area contributed by atoms with Gasteiger partial charge in [-0.15, -0.1) is 0 Å². The molecule has 5 rings (SSSR count). The molecule has 0 radical (unpaired) electrons. The summed E-state index contributed by atoms with van der Waals surface area (Å²) < 4.78 is 5.39. The van der Waals surface area contributed by atoms with Gasteiger partial charge in [-0.25, -0.2) is 9.97 Å². The lowest BCUT2D eigenvalue weighted by Gasteiger charge is -2.22. The Balaban J connectivity index is 1.20. The Bertz CT molecular complexity index is 772. The molecular weight excluding hydrogens is 328 g/mol. The molecule has 0 spiro atoms. The van der Waals surface area contributed by atoms with Crippen molar-refractivity contribution in [1.82, 2.24) is 25.0 Å². The third kappa shape index (κ3) is 3.09. The van der Waals surface area contributed by atoms with Gasteiger partial charge in [-0.3, -0.25) is 4.90 Å². The van der Waals surface area contributed by atoms with Crippen LogP contribution >= 0.6 is 0 Å². The minimum atomic E-state index is 0.435. The van der Waals surface area contributed by atoms with Crippen molar-refractivity contribution in [2.24, 2.45) is 11.8 Å². The first-order valence-electron chi connectivity index (χ1n) is 9.77. The molecular formula is C19H26N6O. The highest BCUT2D eigenvalue weighted by molar-refractivity contribution is 5.41.